The standard InChI is InChI=1S/C17H34N2/c1-3-4-5-6-10-14-18-15-11-16-19(2)17-12-8-7-9-13-17/h3,17-18H,1,4-16H2,2H3. The third-order valence-electron chi connectivity index (χ3n) is 4.32. The van der Waals surface area contributed by atoms with Crippen molar-refractivity contribution in [2.75, 3.05) is 26.7 Å². The van der Waals surface area contributed by atoms with Gasteiger partial charge in [-0.05, 0) is 65.2 Å². The number of hydrogen-bond acceptors (Lipinski definition) is 2. The molecule has 19 heavy (non-hydrogen) atoms. The smallest absolute Gasteiger partial charge is 0.00922 e. The fourth-order valence-corrected chi connectivity index (χ4v) is 3.00. The van der Waals surface area contributed by atoms with E-state index in [0.717, 1.165) is 6.04 Å². The summed E-state index contributed by atoms with van der Waals surface area (Å²) < 4.78 is 0. The summed E-state index contributed by atoms with van der Waals surface area (Å²) >= 11 is 0. The van der Waals surface area contributed by atoms with E-state index in [2.05, 4.69) is 23.8 Å². The van der Waals surface area contributed by atoms with Crippen LogP contribution in [0.25, 0.3) is 0 Å². The molecule has 0 unspecified atom stereocenters. The molecule has 0 amide bonds. The van der Waals surface area contributed by atoms with Crippen LogP contribution in [-0.2, 0) is 0 Å². The van der Waals surface area contributed by atoms with Crippen molar-refractivity contribution in [1.82, 2.24) is 10.2 Å². The third kappa shape index (κ3) is 8.43. The van der Waals surface area contributed by atoms with Crippen LogP contribution < -0.4 is 5.32 Å². The Kier molecular flexibility index (Phi) is 10.1. The first-order chi connectivity index (χ1) is 9.34. The lowest BCUT2D eigenvalue weighted by Gasteiger charge is -2.31. The van der Waals surface area contributed by atoms with Crippen molar-refractivity contribution < 1.29 is 0 Å². The van der Waals surface area contributed by atoms with Crippen molar-refractivity contribution in [2.45, 2.75) is 70.3 Å². The molecule has 0 aromatic carbocycles. The third-order valence-corrected chi connectivity index (χ3v) is 4.32. The van der Waals surface area contributed by atoms with E-state index >= 15 is 0 Å². The Morgan fingerprint density at radius 2 is 1.79 bits per heavy atom. The highest BCUT2D eigenvalue weighted by Crippen LogP contribution is 2.21. The van der Waals surface area contributed by atoms with Gasteiger partial charge in [-0.25, -0.2) is 0 Å². The lowest BCUT2D eigenvalue weighted by Crippen LogP contribution is -2.35. The number of nitrogens with zero attached hydrogens (tertiary/aromatic N) is 1. The largest absolute Gasteiger partial charge is 0.317 e. The molecule has 1 rings (SSSR count). The van der Waals surface area contributed by atoms with Gasteiger partial charge in [0.2, 0.25) is 0 Å². The molecule has 2 heteroatoms. The topological polar surface area (TPSA) is 15.3 Å². The van der Waals surface area contributed by atoms with E-state index in [1.54, 1.807) is 0 Å². The second-order valence-electron chi connectivity index (χ2n) is 6.01. The quantitative estimate of drug-likeness (QED) is 0.449. The molecule has 0 heterocycles. The number of hydrogen-bond donors (Lipinski definition) is 1. The van der Waals surface area contributed by atoms with Crippen molar-refractivity contribution in [3.05, 3.63) is 12.7 Å². The molecule has 0 aromatic rings. The summed E-state index contributed by atoms with van der Waals surface area (Å²) in [7, 11) is 2.31. The minimum atomic E-state index is 0.868. The molecule has 0 saturated heterocycles. The molecule has 0 aliphatic heterocycles. The zero-order valence-electron chi connectivity index (χ0n) is 13.0. The summed E-state index contributed by atoms with van der Waals surface area (Å²) in [5.41, 5.74) is 0. The molecular weight excluding hydrogens is 232 g/mol. The first kappa shape index (κ1) is 16.7. The predicted molar refractivity (Wildman–Crippen MR) is 85.7 cm³/mol. The maximum Gasteiger partial charge on any atom is 0.00922 e. The van der Waals surface area contributed by atoms with Crippen molar-refractivity contribution in [3.63, 3.8) is 0 Å². The minimum absolute atomic E-state index is 0.868. The summed E-state index contributed by atoms with van der Waals surface area (Å²) in [4.78, 5) is 2.59. The molecule has 112 valence electrons. The second kappa shape index (κ2) is 11.5. The van der Waals surface area contributed by atoms with Crippen LogP contribution in [0.5, 0.6) is 0 Å². The highest BCUT2D eigenvalue weighted by molar-refractivity contribution is 4.73. The average molecular weight is 266 g/mol. The Labute approximate surface area is 120 Å². The van der Waals surface area contributed by atoms with Crippen LogP contribution in [-0.4, -0.2) is 37.6 Å². The minimum Gasteiger partial charge on any atom is -0.317 e. The van der Waals surface area contributed by atoms with Gasteiger partial charge < -0.3 is 10.2 Å². The molecule has 1 fully saturated rings. The number of nitrogens with one attached hydrogen (secondary N) is 1. The highest BCUT2D eigenvalue weighted by atomic mass is 15.1. The Morgan fingerprint density at radius 3 is 2.53 bits per heavy atom. The predicted octanol–water partition coefficient (Wildman–Crippen LogP) is 3.98. The summed E-state index contributed by atoms with van der Waals surface area (Å²) in [6.07, 6.45) is 15.6. The average Bonchev–Trinajstić information content (AvgIpc) is 2.46. The van der Waals surface area contributed by atoms with Crippen molar-refractivity contribution >= 4 is 0 Å². The van der Waals surface area contributed by atoms with Crippen molar-refractivity contribution in [2.24, 2.45) is 0 Å². The molecule has 0 radical (unpaired) electrons. The lowest BCUT2D eigenvalue weighted by atomic mass is 9.94. The molecule has 0 atom stereocenters. The van der Waals surface area contributed by atoms with Crippen molar-refractivity contribution in [1.29, 1.82) is 0 Å². The van der Waals surface area contributed by atoms with Crippen LogP contribution in [0.2, 0.25) is 0 Å². The first-order valence-corrected chi connectivity index (χ1v) is 8.36. The Balaban J connectivity index is 1.85. The van der Waals surface area contributed by atoms with Gasteiger partial charge in [-0.2, -0.15) is 0 Å². The van der Waals surface area contributed by atoms with E-state index < -0.39 is 0 Å². The molecule has 1 aliphatic rings. The zero-order valence-corrected chi connectivity index (χ0v) is 13.0. The maximum absolute atomic E-state index is 3.75. The van der Waals surface area contributed by atoms with Gasteiger partial charge in [0.05, 0.1) is 0 Å². The van der Waals surface area contributed by atoms with Gasteiger partial charge in [0.1, 0.15) is 0 Å². The molecule has 1 N–H and O–H groups in total. The van der Waals surface area contributed by atoms with Crippen LogP contribution in [0.3, 0.4) is 0 Å². The van der Waals surface area contributed by atoms with E-state index in [-0.39, 0.29) is 0 Å². The fourth-order valence-electron chi connectivity index (χ4n) is 3.00. The summed E-state index contributed by atoms with van der Waals surface area (Å²) in [5.74, 6) is 0. The van der Waals surface area contributed by atoms with Crippen LogP contribution in [0.4, 0.5) is 0 Å². The van der Waals surface area contributed by atoms with E-state index in [0.29, 0.717) is 0 Å². The molecular formula is C17H34N2. The van der Waals surface area contributed by atoms with E-state index in [1.807, 2.05) is 6.08 Å². The van der Waals surface area contributed by atoms with Crippen molar-refractivity contribution in [3.8, 4) is 0 Å². The molecule has 1 aliphatic carbocycles. The van der Waals surface area contributed by atoms with Gasteiger partial charge in [0.15, 0.2) is 0 Å². The molecule has 0 aromatic heterocycles. The van der Waals surface area contributed by atoms with Gasteiger partial charge in [-0.1, -0.05) is 31.8 Å². The molecule has 2 nitrogen and oxygen atoms in total. The zero-order chi connectivity index (χ0) is 13.8. The van der Waals surface area contributed by atoms with E-state index in [4.69, 9.17) is 0 Å². The van der Waals surface area contributed by atoms with Gasteiger partial charge in [-0.15, -0.1) is 6.58 Å². The number of unbranched alkanes of at least 4 members (excludes halogenated alkanes) is 3. The second-order valence-corrected chi connectivity index (χ2v) is 6.01. The Morgan fingerprint density at radius 1 is 1.05 bits per heavy atom. The maximum atomic E-state index is 3.75. The van der Waals surface area contributed by atoms with Gasteiger partial charge in [-0.3, -0.25) is 0 Å². The van der Waals surface area contributed by atoms with Gasteiger partial charge in [0.25, 0.3) is 0 Å². The molecule has 0 spiro atoms. The van der Waals surface area contributed by atoms with Crippen LogP contribution in [0, 0.1) is 0 Å². The summed E-state index contributed by atoms with van der Waals surface area (Å²) in [5, 5.41) is 3.57. The first-order valence-electron chi connectivity index (χ1n) is 8.36. The van der Waals surface area contributed by atoms with Crippen LogP contribution >= 0.6 is 0 Å². The highest BCUT2D eigenvalue weighted by Gasteiger charge is 2.16. The summed E-state index contributed by atoms with van der Waals surface area (Å²) in [6.45, 7) is 7.38. The SMILES string of the molecule is C=CCCCCCNCCCN(C)C1CCCCC1. The Hall–Kier alpha value is -0.340. The van der Waals surface area contributed by atoms with E-state index in [9.17, 15) is 0 Å². The van der Waals surface area contributed by atoms with Gasteiger partial charge in [0, 0.05) is 6.04 Å². The molecule has 1 saturated carbocycles. The van der Waals surface area contributed by atoms with Gasteiger partial charge >= 0.3 is 0 Å². The monoisotopic (exact) mass is 266 g/mol. The molecule has 0 bridgehead atoms. The lowest BCUT2D eigenvalue weighted by molar-refractivity contribution is 0.189. The Bertz CT molecular complexity index is 209. The summed E-state index contributed by atoms with van der Waals surface area (Å²) in [6, 6.07) is 0.868. The number of rotatable bonds is 11. The fraction of sp³-hybridized carbons (Fsp3) is 0.882. The van der Waals surface area contributed by atoms with Crippen LogP contribution in [0.15, 0.2) is 12.7 Å². The van der Waals surface area contributed by atoms with Crippen LogP contribution in [0.1, 0.15) is 64.2 Å². The normalized spacial score (nSPS) is 16.9. The number of allylic oxidation sites excluding steroid dienone is 1. The van der Waals surface area contributed by atoms with E-state index in [1.165, 1.54) is 83.8 Å².